The number of esters is 1. The highest BCUT2D eigenvalue weighted by molar-refractivity contribution is 6.32. The van der Waals surface area contributed by atoms with Crippen molar-refractivity contribution in [2.24, 2.45) is 0 Å². The number of carbonyl (C=O) groups is 1. The van der Waals surface area contributed by atoms with E-state index in [1.807, 2.05) is 6.07 Å². The Labute approximate surface area is 113 Å². The minimum absolute atomic E-state index is 0.148. The summed E-state index contributed by atoms with van der Waals surface area (Å²) in [5, 5.41) is 8.85. The predicted molar refractivity (Wildman–Crippen MR) is 67.5 cm³/mol. The highest BCUT2D eigenvalue weighted by Gasteiger charge is 2.11. The Morgan fingerprint density at radius 3 is 2.47 bits per heavy atom. The minimum Gasteiger partial charge on any atom is -0.421 e. The van der Waals surface area contributed by atoms with Crippen molar-refractivity contribution in [3.63, 3.8) is 0 Å². The summed E-state index contributed by atoms with van der Waals surface area (Å²) >= 11 is 5.88. The van der Waals surface area contributed by atoms with Gasteiger partial charge in [-0.1, -0.05) is 11.6 Å². The van der Waals surface area contributed by atoms with Gasteiger partial charge in [-0.05, 0) is 42.5 Å². The highest BCUT2D eigenvalue weighted by Crippen LogP contribution is 2.26. The lowest BCUT2D eigenvalue weighted by Gasteiger charge is -2.06. The van der Waals surface area contributed by atoms with Crippen molar-refractivity contribution in [2.75, 3.05) is 0 Å². The monoisotopic (exact) mass is 275 g/mol. The molecule has 2 aromatic rings. The lowest BCUT2D eigenvalue weighted by Crippen LogP contribution is -2.08. The molecule has 0 bridgehead atoms. The number of hydrogen-bond acceptors (Lipinski definition) is 3. The maximum absolute atomic E-state index is 12.7. The lowest BCUT2D eigenvalue weighted by molar-refractivity contribution is 0.0735. The largest absolute Gasteiger partial charge is 0.421 e. The molecule has 94 valence electrons. The first kappa shape index (κ1) is 13.1. The average molecular weight is 276 g/mol. The van der Waals surface area contributed by atoms with E-state index in [0.717, 1.165) is 12.1 Å². The van der Waals surface area contributed by atoms with E-state index in [0.29, 0.717) is 5.56 Å². The van der Waals surface area contributed by atoms with Crippen molar-refractivity contribution in [3.8, 4) is 11.8 Å². The Bertz CT molecular complexity index is 662. The van der Waals surface area contributed by atoms with Crippen LogP contribution in [0.25, 0.3) is 0 Å². The second-order valence-electron chi connectivity index (χ2n) is 3.65. The molecular weight excluding hydrogens is 269 g/mol. The zero-order chi connectivity index (χ0) is 13.8. The molecule has 0 fully saturated rings. The molecule has 5 heteroatoms. The first-order valence-electron chi connectivity index (χ1n) is 5.27. The normalized spacial score (nSPS) is 9.74. The van der Waals surface area contributed by atoms with Crippen LogP contribution in [0.15, 0.2) is 42.5 Å². The highest BCUT2D eigenvalue weighted by atomic mass is 35.5. The Hall–Kier alpha value is -2.38. The number of nitriles is 1. The third-order valence-corrected chi connectivity index (χ3v) is 2.64. The SMILES string of the molecule is N#Cc1ccc(OC(=O)c2ccc(F)cc2)c(Cl)c1. The molecule has 0 N–H and O–H groups in total. The summed E-state index contributed by atoms with van der Waals surface area (Å²) in [5.74, 6) is -0.936. The first-order valence-corrected chi connectivity index (χ1v) is 5.65. The van der Waals surface area contributed by atoms with Crippen molar-refractivity contribution in [3.05, 3.63) is 64.4 Å². The molecule has 2 rings (SSSR count). The number of carbonyl (C=O) groups excluding carboxylic acids is 1. The lowest BCUT2D eigenvalue weighted by atomic mass is 10.2. The zero-order valence-corrected chi connectivity index (χ0v) is 10.3. The van der Waals surface area contributed by atoms with Gasteiger partial charge in [0.05, 0.1) is 22.2 Å². The van der Waals surface area contributed by atoms with Gasteiger partial charge in [0, 0.05) is 0 Å². The molecule has 0 aliphatic carbocycles. The van der Waals surface area contributed by atoms with Gasteiger partial charge in [-0.15, -0.1) is 0 Å². The van der Waals surface area contributed by atoms with Crippen LogP contribution in [0, 0.1) is 17.1 Å². The van der Waals surface area contributed by atoms with E-state index in [9.17, 15) is 9.18 Å². The van der Waals surface area contributed by atoms with Crippen LogP contribution in [0.2, 0.25) is 5.02 Å². The molecule has 2 aromatic carbocycles. The molecule has 19 heavy (non-hydrogen) atoms. The molecule has 0 radical (unpaired) electrons. The Morgan fingerprint density at radius 1 is 1.21 bits per heavy atom. The maximum atomic E-state index is 12.7. The van der Waals surface area contributed by atoms with Gasteiger partial charge in [-0.25, -0.2) is 9.18 Å². The number of nitrogens with zero attached hydrogens (tertiary/aromatic N) is 1. The van der Waals surface area contributed by atoms with Crippen molar-refractivity contribution >= 4 is 17.6 Å². The molecule has 0 unspecified atom stereocenters. The smallest absolute Gasteiger partial charge is 0.343 e. The molecule has 0 heterocycles. The van der Waals surface area contributed by atoms with Crippen LogP contribution in [0.4, 0.5) is 4.39 Å². The third-order valence-electron chi connectivity index (χ3n) is 2.34. The first-order chi connectivity index (χ1) is 9.10. The summed E-state index contributed by atoms with van der Waals surface area (Å²) in [6.07, 6.45) is 0. The van der Waals surface area contributed by atoms with E-state index in [1.165, 1.54) is 30.3 Å². The molecule has 0 amide bonds. The Balaban J connectivity index is 2.20. The molecule has 0 saturated carbocycles. The summed E-state index contributed by atoms with van der Waals surface area (Å²) in [7, 11) is 0. The van der Waals surface area contributed by atoms with Crippen LogP contribution in [0.3, 0.4) is 0 Å². The van der Waals surface area contributed by atoms with Crippen LogP contribution in [-0.2, 0) is 0 Å². The van der Waals surface area contributed by atoms with E-state index in [4.69, 9.17) is 21.6 Å². The standard InChI is InChI=1S/C14H7ClFNO2/c15-12-7-9(8-17)1-6-13(12)19-14(18)10-2-4-11(16)5-3-10/h1-7H. The van der Waals surface area contributed by atoms with Gasteiger partial charge in [-0.2, -0.15) is 5.26 Å². The Morgan fingerprint density at radius 2 is 1.89 bits per heavy atom. The van der Waals surface area contributed by atoms with Gasteiger partial charge in [0.1, 0.15) is 11.6 Å². The van der Waals surface area contributed by atoms with Crippen LogP contribution in [0.5, 0.6) is 5.75 Å². The number of halogens is 2. The van der Waals surface area contributed by atoms with Crippen molar-refractivity contribution in [1.82, 2.24) is 0 Å². The zero-order valence-electron chi connectivity index (χ0n) is 9.56. The topological polar surface area (TPSA) is 50.1 Å². The van der Waals surface area contributed by atoms with E-state index >= 15 is 0 Å². The van der Waals surface area contributed by atoms with Crippen LogP contribution >= 0.6 is 11.6 Å². The summed E-state index contributed by atoms with van der Waals surface area (Å²) in [6.45, 7) is 0. The van der Waals surface area contributed by atoms with Crippen LogP contribution in [-0.4, -0.2) is 5.97 Å². The number of rotatable bonds is 2. The molecule has 0 aliphatic rings. The number of ether oxygens (including phenoxy) is 1. The van der Waals surface area contributed by atoms with Gasteiger partial charge in [0.2, 0.25) is 0 Å². The molecular formula is C14H7ClFNO2. The van der Waals surface area contributed by atoms with E-state index in [-0.39, 0.29) is 16.3 Å². The molecule has 0 aliphatic heterocycles. The number of benzene rings is 2. The summed E-state index contributed by atoms with van der Waals surface area (Å²) in [4.78, 5) is 11.8. The van der Waals surface area contributed by atoms with Gasteiger partial charge in [0.15, 0.2) is 0 Å². The van der Waals surface area contributed by atoms with Gasteiger partial charge >= 0.3 is 5.97 Å². The summed E-state index contributed by atoms with van der Waals surface area (Å²) < 4.78 is 17.8. The fourth-order valence-electron chi connectivity index (χ4n) is 1.40. The van der Waals surface area contributed by atoms with E-state index in [1.54, 1.807) is 0 Å². The van der Waals surface area contributed by atoms with Gasteiger partial charge in [0.25, 0.3) is 0 Å². The maximum Gasteiger partial charge on any atom is 0.343 e. The Kier molecular flexibility index (Phi) is 3.79. The number of hydrogen-bond donors (Lipinski definition) is 0. The molecule has 0 atom stereocenters. The van der Waals surface area contributed by atoms with Gasteiger partial charge < -0.3 is 4.74 Å². The second-order valence-corrected chi connectivity index (χ2v) is 4.06. The van der Waals surface area contributed by atoms with Crippen molar-refractivity contribution in [2.45, 2.75) is 0 Å². The molecule has 0 saturated heterocycles. The minimum atomic E-state index is -0.647. The fourth-order valence-corrected chi connectivity index (χ4v) is 1.62. The van der Waals surface area contributed by atoms with Gasteiger partial charge in [-0.3, -0.25) is 0 Å². The average Bonchev–Trinajstić information content (AvgIpc) is 2.41. The van der Waals surface area contributed by atoms with Crippen LogP contribution in [0.1, 0.15) is 15.9 Å². The van der Waals surface area contributed by atoms with Crippen molar-refractivity contribution in [1.29, 1.82) is 5.26 Å². The summed E-state index contributed by atoms with van der Waals surface area (Å²) in [5.41, 5.74) is 0.577. The molecule has 0 aromatic heterocycles. The molecule has 3 nitrogen and oxygen atoms in total. The summed E-state index contributed by atoms with van der Waals surface area (Å²) in [6, 6.07) is 11.2. The molecule has 0 spiro atoms. The van der Waals surface area contributed by atoms with E-state index < -0.39 is 11.8 Å². The van der Waals surface area contributed by atoms with Crippen LogP contribution < -0.4 is 4.74 Å². The quantitative estimate of drug-likeness (QED) is 0.622. The third kappa shape index (κ3) is 3.09. The van der Waals surface area contributed by atoms with Crippen molar-refractivity contribution < 1.29 is 13.9 Å². The second kappa shape index (κ2) is 5.51. The fraction of sp³-hybridized carbons (Fsp3) is 0. The van der Waals surface area contributed by atoms with E-state index in [2.05, 4.69) is 0 Å². The predicted octanol–water partition coefficient (Wildman–Crippen LogP) is 3.57.